The van der Waals surface area contributed by atoms with Crippen LogP contribution in [0.2, 0.25) is 0 Å². The molecule has 1 amide bonds. The van der Waals surface area contributed by atoms with E-state index < -0.39 is 17.9 Å². The largest absolute Gasteiger partial charge is 0.480 e. The van der Waals surface area contributed by atoms with Gasteiger partial charge in [-0.25, -0.2) is 4.79 Å². The Labute approximate surface area is 118 Å². The number of aromatic amines is 1. The second kappa shape index (κ2) is 6.51. The van der Waals surface area contributed by atoms with Gasteiger partial charge in [-0.15, -0.1) is 0 Å². The zero-order valence-electron chi connectivity index (χ0n) is 10.6. The summed E-state index contributed by atoms with van der Waals surface area (Å²) in [5.74, 6) is -1.80. The van der Waals surface area contributed by atoms with Crippen LogP contribution in [0.5, 0.6) is 0 Å². The molecule has 0 aromatic carbocycles. The van der Waals surface area contributed by atoms with E-state index in [1.807, 2.05) is 6.92 Å². The molecule has 2 atom stereocenters. The highest BCUT2D eigenvalue weighted by molar-refractivity contribution is 9.10. The van der Waals surface area contributed by atoms with Crippen molar-refractivity contribution in [2.24, 2.45) is 5.92 Å². The summed E-state index contributed by atoms with van der Waals surface area (Å²) >= 11 is 3.01. The van der Waals surface area contributed by atoms with Gasteiger partial charge in [0, 0.05) is 6.20 Å². The van der Waals surface area contributed by atoms with Crippen molar-refractivity contribution in [3.8, 4) is 0 Å². The minimum atomic E-state index is -1.08. The number of aromatic nitrogens is 1. The van der Waals surface area contributed by atoms with Crippen LogP contribution in [-0.4, -0.2) is 28.0 Å². The highest BCUT2D eigenvalue weighted by Gasteiger charge is 2.25. The summed E-state index contributed by atoms with van der Waals surface area (Å²) in [7, 11) is 0. The second-order valence-electron chi connectivity index (χ2n) is 4.24. The monoisotopic (exact) mass is 330 g/mol. The third-order valence-corrected chi connectivity index (χ3v) is 3.47. The van der Waals surface area contributed by atoms with Gasteiger partial charge in [-0.2, -0.15) is 0 Å². The summed E-state index contributed by atoms with van der Waals surface area (Å²) < 4.78 is 0.218. The van der Waals surface area contributed by atoms with Crippen molar-refractivity contribution in [1.29, 1.82) is 0 Å². The number of rotatable bonds is 5. The van der Waals surface area contributed by atoms with E-state index >= 15 is 0 Å². The highest BCUT2D eigenvalue weighted by atomic mass is 79.9. The lowest BCUT2D eigenvalue weighted by Gasteiger charge is -2.20. The Hall–Kier alpha value is -1.63. The summed E-state index contributed by atoms with van der Waals surface area (Å²) in [5.41, 5.74) is -0.158. The molecule has 0 aliphatic carbocycles. The molecule has 0 radical (unpaired) electrons. The van der Waals surface area contributed by atoms with Gasteiger partial charge in [-0.1, -0.05) is 20.3 Å². The number of halogens is 1. The minimum Gasteiger partial charge on any atom is -0.480 e. The minimum absolute atomic E-state index is 0.187. The Morgan fingerprint density at radius 1 is 1.53 bits per heavy atom. The van der Waals surface area contributed by atoms with E-state index in [-0.39, 0.29) is 21.5 Å². The molecule has 0 aliphatic rings. The van der Waals surface area contributed by atoms with Gasteiger partial charge in [0.05, 0.1) is 10.0 Å². The third-order valence-electron chi connectivity index (χ3n) is 2.89. The van der Waals surface area contributed by atoms with Crippen LogP contribution < -0.4 is 10.9 Å². The number of hydrogen-bond donors (Lipinski definition) is 3. The van der Waals surface area contributed by atoms with Crippen molar-refractivity contribution in [2.45, 2.75) is 26.3 Å². The van der Waals surface area contributed by atoms with E-state index in [1.165, 1.54) is 12.3 Å². The zero-order chi connectivity index (χ0) is 14.6. The smallest absolute Gasteiger partial charge is 0.326 e. The first kappa shape index (κ1) is 15.4. The molecule has 1 rings (SSSR count). The van der Waals surface area contributed by atoms with Gasteiger partial charge in [0.25, 0.3) is 11.5 Å². The summed E-state index contributed by atoms with van der Waals surface area (Å²) in [4.78, 5) is 36.6. The van der Waals surface area contributed by atoms with Crippen molar-refractivity contribution >= 4 is 27.8 Å². The maximum absolute atomic E-state index is 11.9. The summed E-state index contributed by atoms with van der Waals surface area (Å²) in [6, 6.07) is 0.396. The van der Waals surface area contributed by atoms with E-state index in [0.717, 1.165) is 0 Å². The summed E-state index contributed by atoms with van der Waals surface area (Å²) in [5, 5.41) is 11.5. The van der Waals surface area contributed by atoms with Gasteiger partial charge >= 0.3 is 5.97 Å². The zero-order valence-corrected chi connectivity index (χ0v) is 12.2. The van der Waals surface area contributed by atoms with E-state index in [9.17, 15) is 14.4 Å². The molecule has 104 valence electrons. The molecule has 0 saturated heterocycles. The first-order chi connectivity index (χ1) is 8.86. The van der Waals surface area contributed by atoms with Crippen molar-refractivity contribution in [3.05, 3.63) is 32.7 Å². The Kier molecular flexibility index (Phi) is 5.29. The molecule has 0 fully saturated rings. The quantitative estimate of drug-likeness (QED) is 0.759. The van der Waals surface area contributed by atoms with Crippen molar-refractivity contribution in [3.63, 3.8) is 0 Å². The molecule has 3 N–H and O–H groups in total. The topological polar surface area (TPSA) is 99.3 Å². The second-order valence-corrected chi connectivity index (χ2v) is 5.09. The number of carboxylic acid groups (broad SMARTS) is 1. The van der Waals surface area contributed by atoms with Crippen LogP contribution in [0.3, 0.4) is 0 Å². The predicted octanol–water partition coefficient (Wildman–Crippen LogP) is 1.37. The Morgan fingerprint density at radius 3 is 2.63 bits per heavy atom. The molecule has 6 nitrogen and oxygen atoms in total. The van der Waals surface area contributed by atoms with Crippen molar-refractivity contribution in [2.75, 3.05) is 0 Å². The van der Waals surface area contributed by atoms with E-state index in [1.54, 1.807) is 6.92 Å². The van der Waals surface area contributed by atoms with Crippen molar-refractivity contribution in [1.82, 2.24) is 10.3 Å². The predicted molar refractivity (Wildman–Crippen MR) is 73.1 cm³/mol. The lowest BCUT2D eigenvalue weighted by molar-refractivity contribution is -0.140. The number of carboxylic acids is 1. The number of carbonyl (C=O) groups excluding carboxylic acids is 1. The standard InChI is InChI=1S/C12H15BrN2O4/c1-3-6(2)9(12(18)19)15-10(16)7-4-8(13)11(17)14-5-7/h4-6,9H,3H2,1-2H3,(H,14,17)(H,15,16)(H,18,19). The average Bonchev–Trinajstić information content (AvgIpc) is 2.37. The first-order valence-corrected chi connectivity index (χ1v) is 6.58. The number of H-pyrrole nitrogens is 1. The van der Waals surface area contributed by atoms with Crippen LogP contribution in [0, 0.1) is 5.92 Å². The molecule has 1 aromatic heterocycles. The lowest BCUT2D eigenvalue weighted by atomic mass is 9.99. The molecule has 2 unspecified atom stereocenters. The van der Waals surface area contributed by atoms with Crippen LogP contribution in [0.1, 0.15) is 30.6 Å². The first-order valence-electron chi connectivity index (χ1n) is 5.78. The van der Waals surface area contributed by atoms with Gasteiger partial charge < -0.3 is 15.4 Å². The maximum Gasteiger partial charge on any atom is 0.326 e. The fraction of sp³-hybridized carbons (Fsp3) is 0.417. The maximum atomic E-state index is 11.9. The fourth-order valence-electron chi connectivity index (χ4n) is 1.49. The van der Waals surface area contributed by atoms with Crippen LogP contribution in [0.4, 0.5) is 0 Å². The van der Waals surface area contributed by atoms with Gasteiger partial charge in [-0.3, -0.25) is 9.59 Å². The lowest BCUT2D eigenvalue weighted by Crippen LogP contribution is -2.45. The molecule has 7 heteroatoms. The van der Waals surface area contributed by atoms with E-state index in [2.05, 4.69) is 26.2 Å². The number of amides is 1. The number of pyridine rings is 1. The highest BCUT2D eigenvalue weighted by Crippen LogP contribution is 2.10. The number of carbonyl (C=O) groups is 2. The molecular formula is C12H15BrN2O4. The molecule has 0 bridgehead atoms. The molecule has 0 aliphatic heterocycles. The van der Waals surface area contributed by atoms with Gasteiger partial charge in [-0.05, 0) is 27.9 Å². The van der Waals surface area contributed by atoms with Crippen LogP contribution >= 0.6 is 15.9 Å². The van der Waals surface area contributed by atoms with E-state index in [0.29, 0.717) is 6.42 Å². The third kappa shape index (κ3) is 3.92. The summed E-state index contributed by atoms with van der Waals surface area (Å²) in [6.45, 7) is 3.60. The normalized spacial score (nSPS) is 13.6. The molecular weight excluding hydrogens is 316 g/mol. The van der Waals surface area contributed by atoms with Crippen molar-refractivity contribution < 1.29 is 14.7 Å². The van der Waals surface area contributed by atoms with Crippen LogP contribution in [0.25, 0.3) is 0 Å². The van der Waals surface area contributed by atoms with Crippen LogP contribution in [0.15, 0.2) is 21.5 Å². The summed E-state index contributed by atoms with van der Waals surface area (Å²) in [6.07, 6.45) is 1.88. The molecule has 1 heterocycles. The fourth-order valence-corrected chi connectivity index (χ4v) is 1.86. The molecule has 0 saturated carbocycles. The number of hydrogen-bond acceptors (Lipinski definition) is 3. The SMILES string of the molecule is CCC(C)C(NC(=O)c1c[nH]c(=O)c(Br)c1)C(=O)O. The molecule has 0 spiro atoms. The van der Waals surface area contributed by atoms with Crippen LogP contribution in [-0.2, 0) is 4.79 Å². The average molecular weight is 331 g/mol. The molecule has 19 heavy (non-hydrogen) atoms. The Balaban J connectivity index is 2.90. The Morgan fingerprint density at radius 2 is 2.16 bits per heavy atom. The van der Waals surface area contributed by atoms with Gasteiger partial charge in [0.1, 0.15) is 6.04 Å². The number of nitrogens with one attached hydrogen (secondary N) is 2. The Bertz CT molecular complexity index is 541. The van der Waals surface area contributed by atoms with E-state index in [4.69, 9.17) is 5.11 Å². The number of aliphatic carboxylic acids is 1. The van der Waals surface area contributed by atoms with Gasteiger partial charge in [0.15, 0.2) is 0 Å². The van der Waals surface area contributed by atoms with Gasteiger partial charge in [0.2, 0.25) is 0 Å². The molecule has 1 aromatic rings.